The molecule has 2 aromatic carbocycles. The number of aromatic nitrogens is 1. The van der Waals surface area contributed by atoms with Gasteiger partial charge in [0, 0.05) is 40.8 Å². The molecule has 168 valence electrons. The van der Waals surface area contributed by atoms with Gasteiger partial charge in [-0.05, 0) is 42.1 Å². The fourth-order valence-corrected chi connectivity index (χ4v) is 4.88. The molecule has 0 bridgehead atoms. The van der Waals surface area contributed by atoms with Crippen molar-refractivity contribution in [2.24, 2.45) is 4.99 Å². The molecule has 1 N–H and O–H groups in total. The molecular formula is C24H21ClN4O3S. The molecule has 0 spiro atoms. The lowest BCUT2D eigenvalue weighted by atomic mass is 10.1. The topological polar surface area (TPSA) is 75.9 Å². The van der Waals surface area contributed by atoms with Crippen LogP contribution in [-0.4, -0.2) is 52.8 Å². The number of carbonyl (C=O) groups is 2. The molecule has 2 aliphatic heterocycles. The summed E-state index contributed by atoms with van der Waals surface area (Å²) in [5, 5.41) is 4.87. The van der Waals surface area contributed by atoms with Crippen LogP contribution in [0.25, 0.3) is 17.0 Å². The van der Waals surface area contributed by atoms with Crippen LogP contribution in [0, 0.1) is 0 Å². The molecule has 33 heavy (non-hydrogen) atoms. The number of thioether (sulfide) groups is 1. The summed E-state index contributed by atoms with van der Waals surface area (Å²) in [4.78, 5) is 32.2. The third-order valence-corrected chi connectivity index (χ3v) is 6.61. The Balaban J connectivity index is 1.41. The number of nitrogens with zero attached hydrogens (tertiary/aromatic N) is 3. The molecule has 7 nitrogen and oxygen atoms in total. The Morgan fingerprint density at radius 3 is 2.82 bits per heavy atom. The van der Waals surface area contributed by atoms with Crippen molar-refractivity contribution in [1.82, 2.24) is 14.8 Å². The van der Waals surface area contributed by atoms with E-state index in [1.807, 2.05) is 58.1 Å². The number of rotatable bonds is 4. The summed E-state index contributed by atoms with van der Waals surface area (Å²) in [6, 6.07) is 15.0. The summed E-state index contributed by atoms with van der Waals surface area (Å²) in [6.07, 6.45) is 3.77. The Hall–Kier alpha value is -3.07. The smallest absolute Gasteiger partial charge is 0.264 e. The zero-order chi connectivity index (χ0) is 22.8. The summed E-state index contributed by atoms with van der Waals surface area (Å²) in [7, 11) is 0. The van der Waals surface area contributed by atoms with Gasteiger partial charge in [-0.3, -0.25) is 9.59 Å². The molecule has 2 aliphatic rings. The summed E-state index contributed by atoms with van der Waals surface area (Å²) >= 11 is 7.31. The third-order valence-electron chi connectivity index (χ3n) is 5.47. The van der Waals surface area contributed by atoms with Gasteiger partial charge in [-0.1, -0.05) is 35.9 Å². The van der Waals surface area contributed by atoms with Crippen molar-refractivity contribution >= 4 is 63.0 Å². The van der Waals surface area contributed by atoms with Crippen LogP contribution in [0.4, 0.5) is 5.69 Å². The van der Waals surface area contributed by atoms with Crippen LogP contribution in [-0.2, 0) is 20.9 Å². The highest BCUT2D eigenvalue weighted by Crippen LogP contribution is 2.31. The highest BCUT2D eigenvalue weighted by atomic mass is 35.5. The number of hydrogen-bond donors (Lipinski definition) is 1. The maximum absolute atomic E-state index is 12.8. The van der Waals surface area contributed by atoms with E-state index in [-0.39, 0.29) is 18.4 Å². The van der Waals surface area contributed by atoms with Crippen molar-refractivity contribution in [1.29, 1.82) is 0 Å². The van der Waals surface area contributed by atoms with Gasteiger partial charge in [0.05, 0.1) is 23.8 Å². The van der Waals surface area contributed by atoms with E-state index in [1.165, 1.54) is 11.8 Å². The van der Waals surface area contributed by atoms with E-state index in [0.29, 0.717) is 47.1 Å². The molecule has 9 heteroatoms. The molecule has 1 aromatic heterocycles. The maximum Gasteiger partial charge on any atom is 0.264 e. The lowest BCUT2D eigenvalue weighted by Crippen LogP contribution is -2.42. The van der Waals surface area contributed by atoms with Crippen LogP contribution in [0.3, 0.4) is 0 Å². The number of amidine groups is 1. The van der Waals surface area contributed by atoms with Crippen LogP contribution in [0.2, 0.25) is 5.02 Å². The summed E-state index contributed by atoms with van der Waals surface area (Å²) in [6.45, 7) is 2.60. The number of fused-ring (bicyclic) bond motifs is 1. The second-order valence-corrected chi connectivity index (χ2v) is 9.15. The minimum Gasteiger partial charge on any atom is -0.378 e. The van der Waals surface area contributed by atoms with Crippen molar-refractivity contribution in [3.63, 3.8) is 0 Å². The average molecular weight is 481 g/mol. The number of halogens is 1. The van der Waals surface area contributed by atoms with E-state index >= 15 is 0 Å². The average Bonchev–Trinajstić information content (AvgIpc) is 3.34. The third kappa shape index (κ3) is 4.83. The second-order valence-electron chi connectivity index (χ2n) is 7.68. The summed E-state index contributed by atoms with van der Waals surface area (Å²) < 4.78 is 7.29. The molecule has 2 saturated heterocycles. The van der Waals surface area contributed by atoms with Gasteiger partial charge in [-0.25, -0.2) is 4.99 Å². The lowest BCUT2D eigenvalue weighted by Gasteiger charge is -2.27. The summed E-state index contributed by atoms with van der Waals surface area (Å²) in [5.74, 6) is -0.149. The van der Waals surface area contributed by atoms with E-state index in [1.54, 1.807) is 12.1 Å². The first-order chi connectivity index (χ1) is 16.1. The van der Waals surface area contributed by atoms with Crippen molar-refractivity contribution in [2.45, 2.75) is 6.54 Å². The van der Waals surface area contributed by atoms with Crippen LogP contribution in [0.5, 0.6) is 0 Å². The number of hydrogen-bond acceptors (Lipinski definition) is 5. The zero-order valence-electron chi connectivity index (χ0n) is 17.7. The van der Waals surface area contributed by atoms with Crippen molar-refractivity contribution in [3.05, 3.63) is 70.2 Å². The fraction of sp³-hybridized carbons (Fsp3) is 0.208. The highest BCUT2D eigenvalue weighted by molar-refractivity contribution is 8.18. The van der Waals surface area contributed by atoms with Gasteiger partial charge in [-0.15, -0.1) is 0 Å². The molecule has 0 radical (unpaired) electrons. The quantitative estimate of drug-likeness (QED) is 0.572. The Morgan fingerprint density at radius 2 is 2.00 bits per heavy atom. The first-order valence-corrected chi connectivity index (χ1v) is 11.7. The molecule has 0 aliphatic carbocycles. The van der Waals surface area contributed by atoms with Crippen LogP contribution in [0.1, 0.15) is 5.56 Å². The Labute approximate surface area is 200 Å². The first kappa shape index (κ1) is 21.8. The van der Waals surface area contributed by atoms with Crippen LogP contribution in [0.15, 0.2) is 64.6 Å². The van der Waals surface area contributed by atoms with Gasteiger partial charge in [0.2, 0.25) is 5.91 Å². The molecule has 2 amide bonds. The fourth-order valence-electron chi connectivity index (χ4n) is 3.86. The Bertz CT molecular complexity index is 1290. The van der Waals surface area contributed by atoms with E-state index in [4.69, 9.17) is 16.3 Å². The van der Waals surface area contributed by atoms with E-state index < -0.39 is 0 Å². The molecule has 0 unspecified atom stereocenters. The minimum absolute atomic E-state index is 0.0576. The van der Waals surface area contributed by atoms with Crippen LogP contribution >= 0.6 is 23.4 Å². The zero-order valence-corrected chi connectivity index (χ0v) is 19.2. The molecular weight excluding hydrogens is 460 g/mol. The lowest BCUT2D eigenvalue weighted by molar-refractivity contribution is -0.135. The SMILES string of the molecule is O=C1NC(=Nc2cccc(Cl)c2)S/C1=C\c1cn(CC(=O)N2CCOCC2)c2ccccc12. The molecule has 3 heterocycles. The van der Waals surface area contributed by atoms with Crippen LogP contribution < -0.4 is 5.32 Å². The Morgan fingerprint density at radius 1 is 1.18 bits per heavy atom. The predicted molar refractivity (Wildman–Crippen MR) is 132 cm³/mol. The second kappa shape index (κ2) is 9.43. The van der Waals surface area contributed by atoms with E-state index in [0.717, 1.165) is 16.5 Å². The standard InChI is InChI=1S/C24H21ClN4O3S/c25-17-4-3-5-18(13-17)26-24-27-23(31)21(33-24)12-16-14-29(20-7-2-1-6-19(16)20)15-22(30)28-8-10-32-11-9-28/h1-7,12-14H,8-11,15H2,(H,26,27,31)/b21-12-. The molecule has 5 rings (SSSR count). The highest BCUT2D eigenvalue weighted by Gasteiger charge is 2.25. The number of benzene rings is 2. The van der Waals surface area contributed by atoms with Gasteiger partial charge in [-0.2, -0.15) is 0 Å². The van der Waals surface area contributed by atoms with Gasteiger partial charge < -0.3 is 19.5 Å². The van der Waals surface area contributed by atoms with Crippen molar-refractivity contribution < 1.29 is 14.3 Å². The largest absolute Gasteiger partial charge is 0.378 e. The number of carbonyl (C=O) groups excluding carboxylic acids is 2. The normalized spacial score (nSPS) is 18.9. The van der Waals surface area contributed by atoms with E-state index in [2.05, 4.69) is 10.3 Å². The number of ether oxygens (including phenoxy) is 1. The number of amides is 2. The van der Waals surface area contributed by atoms with Gasteiger partial charge >= 0.3 is 0 Å². The number of para-hydroxylation sites is 1. The predicted octanol–water partition coefficient (Wildman–Crippen LogP) is 4.05. The maximum atomic E-state index is 12.8. The molecule has 3 aromatic rings. The summed E-state index contributed by atoms with van der Waals surface area (Å²) in [5.41, 5.74) is 2.49. The Kier molecular flexibility index (Phi) is 6.22. The van der Waals surface area contributed by atoms with Gasteiger partial charge in [0.15, 0.2) is 5.17 Å². The minimum atomic E-state index is -0.206. The molecule has 0 atom stereocenters. The first-order valence-electron chi connectivity index (χ1n) is 10.6. The van der Waals surface area contributed by atoms with E-state index in [9.17, 15) is 9.59 Å². The van der Waals surface area contributed by atoms with Crippen molar-refractivity contribution in [3.8, 4) is 0 Å². The van der Waals surface area contributed by atoms with Gasteiger partial charge in [0.25, 0.3) is 5.91 Å². The number of aliphatic imine (C=N–C) groups is 1. The molecule has 0 saturated carbocycles. The van der Waals surface area contributed by atoms with Crippen molar-refractivity contribution in [2.75, 3.05) is 26.3 Å². The number of nitrogens with one attached hydrogen (secondary N) is 1. The monoisotopic (exact) mass is 480 g/mol. The van der Waals surface area contributed by atoms with Gasteiger partial charge in [0.1, 0.15) is 6.54 Å². The molecule has 2 fully saturated rings. The number of morpholine rings is 1.